The molecule has 7 nitrogen and oxygen atoms in total. The molecule has 1 atom stereocenters. The number of aryl methyl sites for hydroxylation is 1. The van der Waals surface area contributed by atoms with E-state index in [1.54, 1.807) is 24.0 Å². The van der Waals surface area contributed by atoms with Gasteiger partial charge in [-0.2, -0.15) is 0 Å². The summed E-state index contributed by atoms with van der Waals surface area (Å²) in [5.74, 6) is -0.0748. The summed E-state index contributed by atoms with van der Waals surface area (Å²) in [6.07, 6.45) is 4.69. The van der Waals surface area contributed by atoms with Gasteiger partial charge >= 0.3 is 0 Å². The number of nitrogens with zero attached hydrogens (tertiary/aromatic N) is 1. The van der Waals surface area contributed by atoms with Gasteiger partial charge < -0.3 is 23.9 Å². The first kappa shape index (κ1) is 22.3. The number of furan rings is 1. The van der Waals surface area contributed by atoms with Crippen LogP contribution in [0.25, 0.3) is 5.76 Å². The lowest BCUT2D eigenvalue weighted by Crippen LogP contribution is -2.40. The first-order valence-corrected chi connectivity index (χ1v) is 11.0. The Morgan fingerprint density at radius 1 is 1.09 bits per heavy atom. The smallest absolute Gasteiger partial charge is 0.296 e. The Bertz CT molecular complexity index is 1080. The van der Waals surface area contributed by atoms with Gasteiger partial charge in [0.05, 0.1) is 30.4 Å². The lowest BCUT2D eigenvalue weighted by atomic mass is 9.92. The van der Waals surface area contributed by atoms with Crippen LogP contribution in [0.3, 0.4) is 0 Å². The van der Waals surface area contributed by atoms with Gasteiger partial charge in [0.2, 0.25) is 0 Å². The van der Waals surface area contributed by atoms with Crippen LogP contribution in [0.5, 0.6) is 11.5 Å². The number of rotatable bonds is 5. The monoisotopic (exact) mass is 459 g/mol. The molecule has 170 valence electrons. The summed E-state index contributed by atoms with van der Waals surface area (Å²) in [6, 6.07) is 5.60. The van der Waals surface area contributed by atoms with Gasteiger partial charge in [0.15, 0.2) is 0 Å². The minimum absolute atomic E-state index is 0.0300. The van der Waals surface area contributed by atoms with Crippen molar-refractivity contribution in [2.45, 2.75) is 51.1 Å². The van der Waals surface area contributed by atoms with E-state index >= 15 is 0 Å². The zero-order valence-corrected chi connectivity index (χ0v) is 19.1. The third-order valence-corrected chi connectivity index (χ3v) is 6.50. The molecule has 0 radical (unpaired) electrons. The first-order valence-electron chi connectivity index (χ1n) is 10.7. The van der Waals surface area contributed by atoms with Crippen LogP contribution in [0.1, 0.15) is 55.2 Å². The molecule has 1 aliphatic heterocycles. The number of likely N-dealkylation sites (tertiary alicyclic amines) is 1. The molecule has 4 rings (SSSR count). The molecule has 1 saturated carbocycles. The molecule has 0 bridgehead atoms. The van der Waals surface area contributed by atoms with Gasteiger partial charge in [-0.25, -0.2) is 0 Å². The predicted molar refractivity (Wildman–Crippen MR) is 119 cm³/mol. The van der Waals surface area contributed by atoms with Crippen molar-refractivity contribution in [2.75, 3.05) is 14.2 Å². The maximum Gasteiger partial charge on any atom is 0.296 e. The van der Waals surface area contributed by atoms with Gasteiger partial charge in [-0.1, -0.05) is 30.9 Å². The van der Waals surface area contributed by atoms with Crippen LogP contribution in [-0.2, 0) is 9.59 Å². The zero-order valence-electron chi connectivity index (χ0n) is 18.3. The molecule has 1 aromatic heterocycles. The van der Waals surface area contributed by atoms with Crippen molar-refractivity contribution >= 4 is 29.1 Å². The number of carbonyl (C=O) groups is 2. The van der Waals surface area contributed by atoms with Crippen molar-refractivity contribution in [2.24, 2.45) is 0 Å². The molecule has 2 aliphatic rings. The molecule has 1 N–H and O–H groups in total. The Morgan fingerprint density at radius 2 is 1.78 bits per heavy atom. The van der Waals surface area contributed by atoms with Crippen molar-refractivity contribution in [3.05, 3.63) is 51.9 Å². The van der Waals surface area contributed by atoms with E-state index in [-0.39, 0.29) is 28.7 Å². The second-order valence-electron chi connectivity index (χ2n) is 8.13. The summed E-state index contributed by atoms with van der Waals surface area (Å²) >= 11 is 6.20. The average Bonchev–Trinajstić information content (AvgIpc) is 3.34. The number of aliphatic hydroxyl groups excluding tert-OH is 1. The maximum atomic E-state index is 13.2. The fourth-order valence-electron chi connectivity index (χ4n) is 4.66. The number of halogens is 1. The molecular weight excluding hydrogens is 434 g/mol. The number of amides is 1. The van der Waals surface area contributed by atoms with Crippen molar-refractivity contribution in [3.8, 4) is 11.5 Å². The van der Waals surface area contributed by atoms with E-state index in [1.807, 2.05) is 0 Å². The number of methoxy groups -OCH3 is 2. The molecule has 1 unspecified atom stereocenters. The van der Waals surface area contributed by atoms with Crippen molar-refractivity contribution in [1.29, 1.82) is 0 Å². The van der Waals surface area contributed by atoms with Gasteiger partial charge in [0.25, 0.3) is 11.7 Å². The van der Waals surface area contributed by atoms with Crippen molar-refractivity contribution < 1.29 is 28.6 Å². The summed E-state index contributed by atoms with van der Waals surface area (Å²) in [5, 5.41) is 11.6. The molecule has 2 heterocycles. The lowest BCUT2D eigenvalue weighted by Gasteiger charge is -2.34. The second-order valence-corrected chi connectivity index (χ2v) is 8.54. The Kier molecular flexibility index (Phi) is 6.20. The highest BCUT2D eigenvalue weighted by molar-refractivity contribution is 6.46. The topological polar surface area (TPSA) is 89.2 Å². The molecule has 32 heavy (non-hydrogen) atoms. The predicted octanol–water partition coefficient (Wildman–Crippen LogP) is 5.01. The first-order chi connectivity index (χ1) is 15.4. The summed E-state index contributed by atoms with van der Waals surface area (Å²) in [6.45, 7) is 1.80. The van der Waals surface area contributed by atoms with Gasteiger partial charge in [-0.3, -0.25) is 9.59 Å². The summed E-state index contributed by atoms with van der Waals surface area (Å²) in [7, 11) is 2.88. The molecule has 1 saturated heterocycles. The minimum Gasteiger partial charge on any atom is -0.507 e. The van der Waals surface area contributed by atoms with E-state index in [2.05, 4.69) is 0 Å². The molecule has 1 aromatic carbocycles. The largest absolute Gasteiger partial charge is 0.507 e. The number of hydrogen-bond donors (Lipinski definition) is 1. The zero-order chi connectivity index (χ0) is 23.0. The molecule has 0 spiro atoms. The fourth-order valence-corrected chi connectivity index (χ4v) is 4.89. The third-order valence-electron chi connectivity index (χ3n) is 6.21. The van der Waals surface area contributed by atoms with Crippen LogP contribution in [0.15, 0.2) is 34.3 Å². The number of hydrogen-bond acceptors (Lipinski definition) is 6. The van der Waals surface area contributed by atoms with E-state index in [9.17, 15) is 14.7 Å². The molecule has 2 aromatic rings. The summed E-state index contributed by atoms with van der Waals surface area (Å²) in [4.78, 5) is 28.0. The van der Waals surface area contributed by atoms with E-state index in [1.165, 1.54) is 26.4 Å². The standard InChI is InChI=1S/C24H26ClNO6/c1-13-9-10-17(32-13)21-20(23(28)24(29)26(21)14-7-5-4-6-8-14)22(27)15-11-19(31-3)16(25)12-18(15)30-2/h9-12,14,21,27H,4-8H2,1-3H3/b22-20+. The number of ether oxygens (including phenoxy) is 2. The molecule has 1 aliphatic carbocycles. The number of Topliss-reactive ketones (excluding diaryl/α,β-unsaturated/α-hetero) is 1. The number of carbonyl (C=O) groups excluding carboxylic acids is 2. The van der Waals surface area contributed by atoms with Crippen molar-refractivity contribution in [1.82, 2.24) is 4.90 Å². The van der Waals surface area contributed by atoms with E-state index < -0.39 is 17.7 Å². The Labute approximate surface area is 191 Å². The van der Waals surface area contributed by atoms with Crippen LogP contribution in [0.4, 0.5) is 0 Å². The summed E-state index contributed by atoms with van der Waals surface area (Å²) < 4.78 is 16.5. The SMILES string of the molecule is COc1cc(/C(O)=C2\C(=O)C(=O)N(C3CCCCC3)C2c2ccc(C)o2)c(OC)cc1Cl. The average molecular weight is 460 g/mol. The quantitative estimate of drug-likeness (QED) is 0.384. The van der Waals surface area contributed by atoms with Crippen LogP contribution < -0.4 is 9.47 Å². The van der Waals surface area contributed by atoms with Crippen LogP contribution >= 0.6 is 11.6 Å². The Hall–Kier alpha value is -2.93. The minimum atomic E-state index is -0.821. The van der Waals surface area contributed by atoms with Crippen LogP contribution in [0.2, 0.25) is 5.02 Å². The highest BCUT2D eigenvalue weighted by atomic mass is 35.5. The van der Waals surface area contributed by atoms with E-state index in [0.29, 0.717) is 22.3 Å². The third kappa shape index (κ3) is 3.75. The summed E-state index contributed by atoms with van der Waals surface area (Å²) in [5.41, 5.74) is 0.182. The normalized spacial score (nSPS) is 21.2. The van der Waals surface area contributed by atoms with Gasteiger partial charge in [0, 0.05) is 12.1 Å². The highest BCUT2D eigenvalue weighted by Crippen LogP contribution is 2.45. The molecular formula is C24H26ClNO6. The van der Waals surface area contributed by atoms with Crippen LogP contribution in [0, 0.1) is 6.92 Å². The van der Waals surface area contributed by atoms with Gasteiger partial charge in [-0.05, 0) is 38.0 Å². The van der Waals surface area contributed by atoms with Gasteiger partial charge in [-0.15, -0.1) is 0 Å². The maximum absolute atomic E-state index is 13.2. The van der Waals surface area contributed by atoms with E-state index in [4.69, 9.17) is 25.5 Å². The number of ketones is 1. The highest BCUT2D eigenvalue weighted by Gasteiger charge is 2.50. The van der Waals surface area contributed by atoms with Gasteiger partial charge in [0.1, 0.15) is 34.8 Å². The fraction of sp³-hybridized carbons (Fsp3) is 0.417. The molecule has 2 fully saturated rings. The Morgan fingerprint density at radius 3 is 2.38 bits per heavy atom. The number of aliphatic hydroxyl groups is 1. The van der Waals surface area contributed by atoms with Crippen molar-refractivity contribution in [3.63, 3.8) is 0 Å². The molecule has 1 amide bonds. The molecule has 8 heteroatoms. The lowest BCUT2D eigenvalue weighted by molar-refractivity contribution is -0.142. The van der Waals surface area contributed by atoms with Crippen LogP contribution in [-0.4, -0.2) is 42.0 Å². The van der Waals surface area contributed by atoms with E-state index in [0.717, 1.165) is 32.1 Å². The number of benzene rings is 1. The second kappa shape index (κ2) is 8.90. The Balaban J connectivity index is 1.92.